The van der Waals surface area contributed by atoms with E-state index in [0.717, 1.165) is 18.6 Å². The van der Waals surface area contributed by atoms with E-state index in [9.17, 15) is 0 Å². The van der Waals surface area contributed by atoms with Gasteiger partial charge in [0.05, 0.1) is 0 Å². The van der Waals surface area contributed by atoms with Crippen LogP contribution in [-0.4, -0.2) is 14.9 Å². The SMILES string of the molecule is CC(C)(C)[Si](C)(C)OCCCCCCCCC#Cc1ccccc1. The van der Waals surface area contributed by atoms with Gasteiger partial charge in [0.15, 0.2) is 8.32 Å². The summed E-state index contributed by atoms with van der Waals surface area (Å²) in [6.45, 7) is 12.5. The van der Waals surface area contributed by atoms with Gasteiger partial charge in [0.2, 0.25) is 0 Å². The molecule has 0 aliphatic rings. The van der Waals surface area contributed by atoms with Crippen molar-refractivity contribution in [2.45, 2.75) is 83.8 Å². The zero-order chi connectivity index (χ0) is 17.9. The lowest BCUT2D eigenvalue weighted by molar-refractivity contribution is 0.277. The molecule has 0 saturated heterocycles. The number of rotatable bonds is 9. The molecule has 0 atom stereocenters. The van der Waals surface area contributed by atoms with Crippen LogP contribution in [-0.2, 0) is 4.43 Å². The highest BCUT2D eigenvalue weighted by Gasteiger charge is 2.36. The van der Waals surface area contributed by atoms with Gasteiger partial charge in [-0.1, -0.05) is 76.5 Å². The zero-order valence-corrected chi connectivity index (χ0v) is 17.5. The molecule has 0 aliphatic heterocycles. The van der Waals surface area contributed by atoms with E-state index in [1.54, 1.807) is 0 Å². The van der Waals surface area contributed by atoms with E-state index in [4.69, 9.17) is 4.43 Å². The van der Waals surface area contributed by atoms with Crippen LogP contribution in [0.25, 0.3) is 0 Å². The second kappa shape index (κ2) is 10.7. The molecule has 1 nitrogen and oxygen atoms in total. The van der Waals surface area contributed by atoms with E-state index >= 15 is 0 Å². The van der Waals surface area contributed by atoms with Crippen LogP contribution in [0.15, 0.2) is 30.3 Å². The Kier molecular flexibility index (Phi) is 9.40. The van der Waals surface area contributed by atoms with Gasteiger partial charge in [-0.05, 0) is 43.1 Å². The fourth-order valence-corrected chi connectivity index (χ4v) is 3.34. The standard InChI is InChI=1S/C22H36OSi/c1-22(2,3)24(4,5)23-20-16-11-9-7-6-8-10-13-17-21-18-14-12-15-19-21/h12,14-15,18-19H,6-11,16,20H2,1-5H3. The van der Waals surface area contributed by atoms with Crippen LogP contribution >= 0.6 is 0 Å². The Morgan fingerprint density at radius 3 is 2.08 bits per heavy atom. The predicted octanol–water partition coefficient (Wildman–Crippen LogP) is 6.79. The maximum atomic E-state index is 6.22. The Balaban J connectivity index is 1.97. The van der Waals surface area contributed by atoms with Gasteiger partial charge in [0.25, 0.3) is 0 Å². The molecule has 0 unspecified atom stereocenters. The van der Waals surface area contributed by atoms with Crippen molar-refractivity contribution >= 4 is 8.32 Å². The number of hydrogen-bond donors (Lipinski definition) is 0. The first-order valence-electron chi connectivity index (χ1n) is 9.51. The third kappa shape index (κ3) is 8.71. The van der Waals surface area contributed by atoms with E-state index in [-0.39, 0.29) is 0 Å². The maximum absolute atomic E-state index is 6.22. The summed E-state index contributed by atoms with van der Waals surface area (Å²) in [6.07, 6.45) is 8.70. The van der Waals surface area contributed by atoms with Crippen LogP contribution in [0.4, 0.5) is 0 Å². The Morgan fingerprint density at radius 2 is 1.46 bits per heavy atom. The van der Waals surface area contributed by atoms with Crippen molar-refractivity contribution in [2.75, 3.05) is 6.61 Å². The van der Waals surface area contributed by atoms with Crippen LogP contribution in [0.2, 0.25) is 18.1 Å². The van der Waals surface area contributed by atoms with Crippen molar-refractivity contribution in [1.82, 2.24) is 0 Å². The Labute approximate surface area is 151 Å². The first-order valence-corrected chi connectivity index (χ1v) is 12.4. The summed E-state index contributed by atoms with van der Waals surface area (Å²) in [5, 5.41) is 0.327. The van der Waals surface area contributed by atoms with Gasteiger partial charge in [-0.25, -0.2) is 0 Å². The number of hydrogen-bond acceptors (Lipinski definition) is 1. The highest BCUT2D eigenvalue weighted by Crippen LogP contribution is 2.36. The second-order valence-corrected chi connectivity index (χ2v) is 13.0. The fourth-order valence-electron chi connectivity index (χ4n) is 2.25. The van der Waals surface area contributed by atoms with E-state index < -0.39 is 8.32 Å². The van der Waals surface area contributed by atoms with Gasteiger partial charge in [-0.3, -0.25) is 0 Å². The third-order valence-corrected chi connectivity index (χ3v) is 9.51. The molecule has 0 aromatic heterocycles. The van der Waals surface area contributed by atoms with Crippen molar-refractivity contribution in [3.63, 3.8) is 0 Å². The largest absolute Gasteiger partial charge is 0.417 e. The van der Waals surface area contributed by atoms with E-state index in [1.807, 2.05) is 18.2 Å². The predicted molar refractivity (Wildman–Crippen MR) is 109 cm³/mol. The molecule has 1 aromatic rings. The van der Waals surface area contributed by atoms with Crippen LogP contribution in [0.3, 0.4) is 0 Å². The smallest absolute Gasteiger partial charge is 0.191 e. The summed E-state index contributed by atoms with van der Waals surface area (Å²) < 4.78 is 6.22. The molecule has 0 bridgehead atoms. The van der Waals surface area contributed by atoms with Crippen LogP contribution in [0, 0.1) is 11.8 Å². The van der Waals surface area contributed by atoms with Crippen molar-refractivity contribution < 1.29 is 4.43 Å². The normalized spacial score (nSPS) is 11.9. The molecule has 134 valence electrons. The molecule has 1 aromatic carbocycles. The molecule has 0 fully saturated rings. The number of unbranched alkanes of at least 4 members (excludes halogenated alkanes) is 6. The van der Waals surface area contributed by atoms with Gasteiger partial charge in [-0.15, -0.1) is 0 Å². The van der Waals surface area contributed by atoms with Crippen molar-refractivity contribution in [2.24, 2.45) is 0 Å². The van der Waals surface area contributed by atoms with Crippen molar-refractivity contribution in [1.29, 1.82) is 0 Å². The van der Waals surface area contributed by atoms with Crippen molar-refractivity contribution in [3.05, 3.63) is 35.9 Å². The monoisotopic (exact) mass is 344 g/mol. The minimum absolute atomic E-state index is 0.327. The summed E-state index contributed by atoms with van der Waals surface area (Å²) in [5.41, 5.74) is 1.12. The summed E-state index contributed by atoms with van der Waals surface area (Å²) in [7, 11) is -1.54. The average molecular weight is 345 g/mol. The van der Waals surface area contributed by atoms with Gasteiger partial charge in [0.1, 0.15) is 0 Å². The summed E-state index contributed by atoms with van der Waals surface area (Å²) in [4.78, 5) is 0. The molecule has 0 heterocycles. The highest BCUT2D eigenvalue weighted by atomic mass is 28.4. The molecule has 0 N–H and O–H groups in total. The lowest BCUT2D eigenvalue weighted by Crippen LogP contribution is -2.40. The molecule has 24 heavy (non-hydrogen) atoms. The molecule has 1 rings (SSSR count). The third-order valence-electron chi connectivity index (χ3n) is 4.97. The topological polar surface area (TPSA) is 9.23 Å². The molecule has 0 saturated carbocycles. The lowest BCUT2D eigenvalue weighted by Gasteiger charge is -2.36. The molecule has 0 amide bonds. The summed E-state index contributed by atoms with van der Waals surface area (Å²) in [6, 6.07) is 10.2. The highest BCUT2D eigenvalue weighted by molar-refractivity contribution is 6.74. The molecule has 0 aliphatic carbocycles. The molecule has 2 heteroatoms. The fraction of sp³-hybridized carbons (Fsp3) is 0.636. The molecule has 0 spiro atoms. The number of benzene rings is 1. The minimum atomic E-state index is -1.54. The second-order valence-electron chi connectivity index (χ2n) is 8.15. The van der Waals surface area contributed by atoms with Crippen LogP contribution in [0.1, 0.15) is 71.3 Å². The first-order chi connectivity index (χ1) is 11.3. The molecular weight excluding hydrogens is 308 g/mol. The Bertz CT molecular complexity index is 502. The van der Waals surface area contributed by atoms with Crippen LogP contribution < -0.4 is 0 Å². The van der Waals surface area contributed by atoms with E-state index in [0.29, 0.717) is 5.04 Å². The zero-order valence-electron chi connectivity index (χ0n) is 16.5. The van der Waals surface area contributed by atoms with Crippen LogP contribution in [0.5, 0.6) is 0 Å². The van der Waals surface area contributed by atoms with Gasteiger partial charge >= 0.3 is 0 Å². The van der Waals surface area contributed by atoms with E-state index in [2.05, 4.69) is 57.8 Å². The van der Waals surface area contributed by atoms with Crippen molar-refractivity contribution in [3.8, 4) is 11.8 Å². The maximum Gasteiger partial charge on any atom is 0.191 e. The Morgan fingerprint density at radius 1 is 0.875 bits per heavy atom. The quantitative estimate of drug-likeness (QED) is 0.272. The first kappa shape index (κ1) is 21.0. The Hall–Kier alpha value is -1.04. The van der Waals surface area contributed by atoms with Gasteiger partial charge in [0, 0.05) is 18.6 Å². The van der Waals surface area contributed by atoms with Gasteiger partial charge in [-0.2, -0.15) is 0 Å². The minimum Gasteiger partial charge on any atom is -0.417 e. The molecular formula is C22H36OSi. The lowest BCUT2D eigenvalue weighted by atomic mass is 10.1. The van der Waals surface area contributed by atoms with E-state index in [1.165, 1.54) is 38.5 Å². The average Bonchev–Trinajstić information content (AvgIpc) is 2.52. The summed E-state index contributed by atoms with van der Waals surface area (Å²) in [5.74, 6) is 6.51. The summed E-state index contributed by atoms with van der Waals surface area (Å²) >= 11 is 0. The molecule has 0 radical (unpaired) electrons. The van der Waals surface area contributed by atoms with Gasteiger partial charge < -0.3 is 4.43 Å².